The number of sulfonamides is 1. The molecule has 1 aliphatic rings. The largest absolute Gasteiger partial charge is 0.390 e. The third-order valence-corrected chi connectivity index (χ3v) is 8.34. The summed E-state index contributed by atoms with van der Waals surface area (Å²) >= 11 is 11.8. The zero-order valence-corrected chi connectivity index (χ0v) is 16.4. The van der Waals surface area contributed by atoms with E-state index in [4.69, 9.17) is 23.2 Å². The summed E-state index contributed by atoms with van der Waals surface area (Å²) in [6.07, 6.45) is -1.34. The molecule has 3 rings (SSSR count). The summed E-state index contributed by atoms with van der Waals surface area (Å²) in [4.78, 5) is -0.146. The summed E-state index contributed by atoms with van der Waals surface area (Å²) in [5.41, 5.74) is 0.250. The van der Waals surface area contributed by atoms with Crippen LogP contribution in [0.25, 0.3) is 0 Å². The Bertz CT molecular complexity index is 1030. The molecule has 0 saturated carbocycles. The number of sulfone groups is 1. The second-order valence-electron chi connectivity index (χ2n) is 5.92. The molecule has 0 aliphatic carbocycles. The van der Waals surface area contributed by atoms with Gasteiger partial charge >= 0.3 is 0 Å². The van der Waals surface area contributed by atoms with Crippen molar-refractivity contribution in [2.45, 2.75) is 17.0 Å². The molecule has 0 amide bonds. The summed E-state index contributed by atoms with van der Waals surface area (Å²) in [5, 5.41) is 10.5. The maximum atomic E-state index is 13.3. The summed E-state index contributed by atoms with van der Waals surface area (Å²) in [6, 6.07) is 10.7. The van der Waals surface area contributed by atoms with Crippen molar-refractivity contribution in [1.82, 2.24) is 0 Å². The van der Waals surface area contributed by atoms with Crippen molar-refractivity contribution >= 4 is 48.7 Å². The third-order valence-electron chi connectivity index (χ3n) is 4.05. The Labute approximate surface area is 161 Å². The molecule has 0 unspecified atom stereocenters. The fourth-order valence-corrected chi connectivity index (χ4v) is 6.80. The monoisotopic (exact) mass is 435 g/mol. The van der Waals surface area contributed by atoms with Gasteiger partial charge < -0.3 is 5.11 Å². The second kappa shape index (κ2) is 7.01. The summed E-state index contributed by atoms with van der Waals surface area (Å²) in [7, 11) is -7.75. The van der Waals surface area contributed by atoms with Gasteiger partial charge in [0.05, 0.1) is 44.3 Å². The van der Waals surface area contributed by atoms with Gasteiger partial charge in [-0.3, -0.25) is 4.31 Å². The Kier molecular flexibility index (Phi) is 5.24. The summed E-state index contributed by atoms with van der Waals surface area (Å²) in [6.45, 7) is 0. The average Bonchev–Trinajstić information content (AvgIpc) is 2.83. The van der Waals surface area contributed by atoms with Crippen LogP contribution in [0.4, 0.5) is 5.69 Å². The van der Waals surface area contributed by atoms with E-state index in [0.29, 0.717) is 0 Å². The fourth-order valence-electron chi connectivity index (χ4n) is 2.87. The van der Waals surface area contributed by atoms with Crippen LogP contribution in [-0.4, -0.2) is 45.6 Å². The standard InChI is InChI=1S/C16H15Cl2NO5S2/c17-13-7-6-12(8-14(13)18)26(23,24)19(11-4-2-1-3-5-11)15-9-25(21,22)10-16(15)20/h1-8,15-16,20H,9-10H2/t15-,16+/m1/s1. The van der Waals surface area contributed by atoms with E-state index in [1.165, 1.54) is 30.3 Å². The Hall–Kier alpha value is -1.32. The molecule has 10 heteroatoms. The van der Waals surface area contributed by atoms with Crippen molar-refractivity contribution in [1.29, 1.82) is 0 Å². The van der Waals surface area contributed by atoms with Crippen molar-refractivity contribution in [3.8, 4) is 0 Å². The smallest absolute Gasteiger partial charge is 0.264 e. The predicted molar refractivity (Wildman–Crippen MR) is 101 cm³/mol. The first-order valence-electron chi connectivity index (χ1n) is 7.55. The number of anilines is 1. The number of aliphatic hydroxyl groups excluding tert-OH is 1. The predicted octanol–water partition coefficient (Wildman–Crippen LogP) is 2.35. The first-order chi connectivity index (χ1) is 12.1. The minimum Gasteiger partial charge on any atom is -0.390 e. The van der Waals surface area contributed by atoms with Crippen molar-refractivity contribution in [3.05, 3.63) is 58.6 Å². The van der Waals surface area contributed by atoms with Gasteiger partial charge in [0.15, 0.2) is 9.84 Å². The Morgan fingerprint density at radius 3 is 2.19 bits per heavy atom. The summed E-state index contributed by atoms with van der Waals surface area (Å²) in [5.74, 6) is -0.957. The van der Waals surface area contributed by atoms with Gasteiger partial charge in [0.1, 0.15) is 0 Å². The van der Waals surface area contributed by atoms with Crippen LogP contribution < -0.4 is 4.31 Å². The van der Waals surface area contributed by atoms with Gasteiger partial charge in [0, 0.05) is 0 Å². The van der Waals surface area contributed by atoms with E-state index >= 15 is 0 Å². The van der Waals surface area contributed by atoms with Gasteiger partial charge in [-0.1, -0.05) is 41.4 Å². The Balaban J connectivity index is 2.16. The maximum absolute atomic E-state index is 13.3. The lowest BCUT2D eigenvalue weighted by Gasteiger charge is -2.31. The molecule has 2 aromatic rings. The quantitative estimate of drug-likeness (QED) is 0.795. The molecule has 1 fully saturated rings. The molecule has 1 N–H and O–H groups in total. The van der Waals surface area contributed by atoms with E-state index in [-0.39, 0.29) is 20.6 Å². The highest BCUT2D eigenvalue weighted by atomic mass is 35.5. The third kappa shape index (κ3) is 3.70. The number of hydrogen-bond donors (Lipinski definition) is 1. The van der Waals surface area contributed by atoms with Crippen molar-refractivity contribution in [2.24, 2.45) is 0 Å². The van der Waals surface area contributed by atoms with Gasteiger partial charge in [-0.15, -0.1) is 0 Å². The van der Waals surface area contributed by atoms with E-state index < -0.39 is 43.5 Å². The van der Waals surface area contributed by atoms with Crippen LogP contribution in [0.15, 0.2) is 53.4 Å². The highest BCUT2D eigenvalue weighted by molar-refractivity contribution is 7.93. The lowest BCUT2D eigenvalue weighted by Crippen LogP contribution is -2.47. The number of aliphatic hydroxyl groups is 1. The lowest BCUT2D eigenvalue weighted by atomic mass is 10.2. The minimum atomic E-state index is -4.19. The maximum Gasteiger partial charge on any atom is 0.264 e. The van der Waals surface area contributed by atoms with Gasteiger partial charge in [-0.25, -0.2) is 16.8 Å². The van der Waals surface area contributed by atoms with Crippen LogP contribution in [0.2, 0.25) is 10.0 Å². The van der Waals surface area contributed by atoms with Crippen LogP contribution in [0.5, 0.6) is 0 Å². The molecular weight excluding hydrogens is 421 g/mol. The molecule has 26 heavy (non-hydrogen) atoms. The van der Waals surface area contributed by atoms with Crippen LogP contribution >= 0.6 is 23.2 Å². The second-order valence-corrected chi connectivity index (χ2v) is 10.7. The molecule has 0 spiro atoms. The molecule has 0 aromatic heterocycles. The molecule has 0 bridgehead atoms. The highest BCUT2D eigenvalue weighted by Gasteiger charge is 2.45. The Morgan fingerprint density at radius 2 is 1.65 bits per heavy atom. The van der Waals surface area contributed by atoms with Crippen LogP contribution in [-0.2, 0) is 19.9 Å². The zero-order valence-electron chi connectivity index (χ0n) is 13.3. The average molecular weight is 436 g/mol. The SMILES string of the molecule is O=S1(=O)C[C@@H](N(c2ccccc2)S(=O)(=O)c2ccc(Cl)c(Cl)c2)[C@@H](O)C1. The van der Waals surface area contributed by atoms with Gasteiger partial charge in [0.2, 0.25) is 0 Å². The molecule has 0 radical (unpaired) electrons. The normalized spacial score (nSPS) is 22.3. The number of para-hydroxylation sites is 1. The van der Waals surface area contributed by atoms with Crippen molar-refractivity contribution < 1.29 is 21.9 Å². The molecule has 140 valence electrons. The van der Waals surface area contributed by atoms with E-state index in [1.54, 1.807) is 18.2 Å². The van der Waals surface area contributed by atoms with E-state index in [9.17, 15) is 21.9 Å². The molecule has 1 aliphatic heterocycles. The number of rotatable bonds is 4. The topological polar surface area (TPSA) is 91.8 Å². The lowest BCUT2D eigenvalue weighted by molar-refractivity contribution is 0.184. The molecule has 2 aromatic carbocycles. The molecule has 1 heterocycles. The van der Waals surface area contributed by atoms with Crippen molar-refractivity contribution in [3.63, 3.8) is 0 Å². The highest BCUT2D eigenvalue weighted by Crippen LogP contribution is 2.33. The van der Waals surface area contributed by atoms with Gasteiger partial charge in [-0.05, 0) is 30.3 Å². The first kappa shape index (κ1) is 19.4. The Morgan fingerprint density at radius 1 is 1.00 bits per heavy atom. The van der Waals surface area contributed by atoms with Crippen LogP contribution in [0.3, 0.4) is 0 Å². The van der Waals surface area contributed by atoms with E-state index in [2.05, 4.69) is 0 Å². The molecule has 2 atom stereocenters. The van der Waals surface area contributed by atoms with Crippen LogP contribution in [0.1, 0.15) is 0 Å². The van der Waals surface area contributed by atoms with Crippen molar-refractivity contribution in [2.75, 3.05) is 15.8 Å². The minimum absolute atomic E-state index is 0.0559. The van der Waals surface area contributed by atoms with Gasteiger partial charge in [-0.2, -0.15) is 0 Å². The summed E-state index contributed by atoms with van der Waals surface area (Å²) < 4.78 is 51.3. The number of hydrogen-bond acceptors (Lipinski definition) is 5. The fraction of sp³-hybridized carbons (Fsp3) is 0.250. The van der Waals surface area contributed by atoms with Gasteiger partial charge in [0.25, 0.3) is 10.0 Å². The molecule has 1 saturated heterocycles. The van der Waals surface area contributed by atoms with Crippen LogP contribution in [0, 0.1) is 0 Å². The molecular formula is C16H15Cl2NO5S2. The van der Waals surface area contributed by atoms with E-state index in [1.807, 2.05) is 0 Å². The number of nitrogens with zero attached hydrogens (tertiary/aromatic N) is 1. The zero-order chi connectivity index (χ0) is 19.1. The number of benzene rings is 2. The molecule has 6 nitrogen and oxygen atoms in total. The van der Waals surface area contributed by atoms with E-state index in [0.717, 1.165) is 4.31 Å². The number of halogens is 2. The first-order valence-corrected chi connectivity index (χ1v) is 11.6.